The number of rotatable bonds is 3. The molecule has 1 N–H and O–H groups in total. The molecule has 1 aromatic rings. The number of nitrogens with zero attached hydrogens (tertiary/aromatic N) is 1. The van der Waals surface area contributed by atoms with Crippen molar-refractivity contribution < 1.29 is 9.59 Å². The molecule has 0 radical (unpaired) electrons. The minimum absolute atomic E-state index is 0.0205. The van der Waals surface area contributed by atoms with Gasteiger partial charge in [0.25, 0.3) is 5.24 Å². The van der Waals surface area contributed by atoms with E-state index in [4.69, 9.17) is 11.6 Å². The molecule has 1 saturated carbocycles. The average molecular weight is 267 g/mol. The first-order valence-electron chi connectivity index (χ1n) is 6.13. The Labute approximate surface area is 111 Å². The van der Waals surface area contributed by atoms with E-state index in [1.807, 2.05) is 0 Å². The number of anilines is 1. The number of nitrogens with one attached hydrogen (secondary N) is 1. The summed E-state index contributed by atoms with van der Waals surface area (Å²) in [5, 5.41) is 2.22. The number of aromatic nitrogens is 1. The molecular weight excluding hydrogens is 252 g/mol. The van der Waals surface area contributed by atoms with Crippen LogP contribution in [-0.4, -0.2) is 16.1 Å². The molecule has 0 aliphatic heterocycles. The standard InChI is InChI=1S/C13H15ClN2O2/c14-12(17)10-6-7-11(15-8-10)16-13(18)9-4-2-1-3-5-9/h6-9H,1-5H2,(H,15,16,18). The second-order valence-corrected chi connectivity index (χ2v) is 4.87. The first kappa shape index (κ1) is 13.0. The largest absolute Gasteiger partial charge is 0.310 e. The number of carbonyl (C=O) groups is 2. The van der Waals surface area contributed by atoms with Crippen molar-refractivity contribution in [3.8, 4) is 0 Å². The number of amides is 1. The summed E-state index contributed by atoms with van der Waals surface area (Å²) in [7, 11) is 0. The van der Waals surface area contributed by atoms with Crippen molar-refractivity contribution in [2.45, 2.75) is 32.1 Å². The highest BCUT2D eigenvalue weighted by atomic mass is 35.5. The van der Waals surface area contributed by atoms with Crippen LogP contribution in [0.25, 0.3) is 0 Å². The molecule has 1 fully saturated rings. The van der Waals surface area contributed by atoms with Crippen LogP contribution in [0.4, 0.5) is 5.82 Å². The molecule has 96 valence electrons. The zero-order valence-corrected chi connectivity index (χ0v) is 10.7. The predicted molar refractivity (Wildman–Crippen MR) is 69.6 cm³/mol. The maximum atomic E-state index is 11.9. The lowest BCUT2D eigenvalue weighted by Crippen LogP contribution is -2.25. The molecule has 0 saturated heterocycles. The smallest absolute Gasteiger partial charge is 0.253 e. The number of hydrogen-bond acceptors (Lipinski definition) is 3. The Balaban J connectivity index is 1.96. The molecule has 1 aliphatic carbocycles. The van der Waals surface area contributed by atoms with Crippen molar-refractivity contribution in [3.63, 3.8) is 0 Å². The topological polar surface area (TPSA) is 59.1 Å². The molecule has 0 atom stereocenters. The lowest BCUT2D eigenvalue weighted by atomic mass is 9.89. The fourth-order valence-corrected chi connectivity index (χ4v) is 2.29. The quantitative estimate of drug-likeness (QED) is 0.856. The van der Waals surface area contributed by atoms with E-state index < -0.39 is 5.24 Å². The molecule has 1 amide bonds. The SMILES string of the molecule is O=C(Cl)c1ccc(NC(=O)C2CCCCC2)nc1. The minimum atomic E-state index is -0.548. The fraction of sp³-hybridized carbons (Fsp3) is 0.462. The Hall–Kier alpha value is -1.42. The summed E-state index contributed by atoms with van der Waals surface area (Å²) in [6, 6.07) is 3.15. The van der Waals surface area contributed by atoms with Gasteiger partial charge in [-0.05, 0) is 36.6 Å². The lowest BCUT2D eigenvalue weighted by Gasteiger charge is -2.20. The highest BCUT2D eigenvalue weighted by Gasteiger charge is 2.21. The van der Waals surface area contributed by atoms with Gasteiger partial charge in [-0.25, -0.2) is 4.98 Å². The normalized spacial score (nSPS) is 16.3. The van der Waals surface area contributed by atoms with Gasteiger partial charge in [0.05, 0.1) is 5.56 Å². The van der Waals surface area contributed by atoms with Gasteiger partial charge < -0.3 is 5.32 Å². The van der Waals surface area contributed by atoms with E-state index in [2.05, 4.69) is 10.3 Å². The van der Waals surface area contributed by atoms with E-state index in [-0.39, 0.29) is 11.8 Å². The maximum Gasteiger partial charge on any atom is 0.253 e. The van der Waals surface area contributed by atoms with Gasteiger partial charge in [0.1, 0.15) is 5.82 Å². The number of halogens is 1. The summed E-state index contributed by atoms with van der Waals surface area (Å²) in [6.45, 7) is 0. The van der Waals surface area contributed by atoms with Crippen LogP contribution in [-0.2, 0) is 4.79 Å². The van der Waals surface area contributed by atoms with Gasteiger partial charge in [0.2, 0.25) is 5.91 Å². The van der Waals surface area contributed by atoms with Gasteiger partial charge in [0.15, 0.2) is 0 Å². The summed E-state index contributed by atoms with van der Waals surface area (Å²) in [5.41, 5.74) is 0.326. The Morgan fingerprint density at radius 1 is 1.22 bits per heavy atom. The molecule has 1 heterocycles. The van der Waals surface area contributed by atoms with Crippen LogP contribution in [0.2, 0.25) is 0 Å². The zero-order chi connectivity index (χ0) is 13.0. The van der Waals surface area contributed by atoms with Crippen molar-refractivity contribution in [2.24, 2.45) is 5.92 Å². The highest BCUT2D eigenvalue weighted by molar-refractivity contribution is 6.67. The second kappa shape index (κ2) is 5.96. The van der Waals surface area contributed by atoms with Crippen molar-refractivity contribution in [2.75, 3.05) is 5.32 Å². The fourth-order valence-electron chi connectivity index (χ4n) is 2.18. The summed E-state index contributed by atoms with van der Waals surface area (Å²) in [4.78, 5) is 26.8. The Kier molecular flexibility index (Phi) is 4.31. The van der Waals surface area contributed by atoms with Crippen LogP contribution in [0.5, 0.6) is 0 Å². The van der Waals surface area contributed by atoms with Gasteiger partial charge >= 0.3 is 0 Å². The maximum absolute atomic E-state index is 11.9. The summed E-state index contributed by atoms with van der Waals surface area (Å²) in [5.74, 6) is 0.578. The Bertz CT molecular complexity index is 439. The van der Waals surface area contributed by atoms with Gasteiger partial charge in [-0.2, -0.15) is 0 Å². The van der Waals surface area contributed by atoms with Crippen LogP contribution in [0.1, 0.15) is 42.5 Å². The highest BCUT2D eigenvalue weighted by Crippen LogP contribution is 2.24. The third-order valence-electron chi connectivity index (χ3n) is 3.22. The van der Waals surface area contributed by atoms with Crippen LogP contribution >= 0.6 is 11.6 Å². The Morgan fingerprint density at radius 3 is 2.50 bits per heavy atom. The summed E-state index contributed by atoms with van der Waals surface area (Å²) >= 11 is 5.32. The molecule has 0 aromatic carbocycles. The van der Waals surface area contributed by atoms with E-state index >= 15 is 0 Å². The third-order valence-corrected chi connectivity index (χ3v) is 3.44. The summed E-state index contributed by atoms with van der Waals surface area (Å²) in [6.07, 6.45) is 6.71. The first-order valence-corrected chi connectivity index (χ1v) is 6.51. The van der Waals surface area contributed by atoms with E-state index in [9.17, 15) is 9.59 Å². The molecule has 1 aliphatic rings. The van der Waals surface area contributed by atoms with Gasteiger partial charge in [-0.1, -0.05) is 19.3 Å². The molecule has 0 spiro atoms. The van der Waals surface area contributed by atoms with Gasteiger partial charge in [0, 0.05) is 12.1 Å². The zero-order valence-electron chi connectivity index (χ0n) is 9.99. The number of hydrogen-bond donors (Lipinski definition) is 1. The van der Waals surface area contributed by atoms with Crippen LogP contribution in [0.3, 0.4) is 0 Å². The monoisotopic (exact) mass is 266 g/mol. The van der Waals surface area contributed by atoms with Crippen molar-refractivity contribution in [3.05, 3.63) is 23.9 Å². The Morgan fingerprint density at radius 2 is 1.94 bits per heavy atom. The van der Waals surface area contributed by atoms with E-state index in [1.165, 1.54) is 12.6 Å². The molecule has 0 bridgehead atoms. The molecule has 4 nitrogen and oxygen atoms in total. The average Bonchev–Trinajstić information content (AvgIpc) is 2.40. The molecule has 1 aromatic heterocycles. The van der Waals surface area contributed by atoms with E-state index in [0.717, 1.165) is 25.7 Å². The number of carbonyl (C=O) groups excluding carboxylic acids is 2. The molecular formula is C13H15ClN2O2. The van der Waals surface area contributed by atoms with Crippen molar-refractivity contribution >= 4 is 28.6 Å². The lowest BCUT2D eigenvalue weighted by molar-refractivity contribution is -0.120. The van der Waals surface area contributed by atoms with E-state index in [1.54, 1.807) is 12.1 Å². The minimum Gasteiger partial charge on any atom is -0.310 e. The van der Waals surface area contributed by atoms with Gasteiger partial charge in [-0.15, -0.1) is 0 Å². The van der Waals surface area contributed by atoms with Crippen LogP contribution < -0.4 is 5.32 Å². The van der Waals surface area contributed by atoms with Crippen molar-refractivity contribution in [1.29, 1.82) is 0 Å². The van der Waals surface area contributed by atoms with Crippen LogP contribution in [0.15, 0.2) is 18.3 Å². The van der Waals surface area contributed by atoms with E-state index in [0.29, 0.717) is 11.4 Å². The number of pyridine rings is 1. The van der Waals surface area contributed by atoms with Crippen LogP contribution in [0, 0.1) is 5.92 Å². The molecule has 5 heteroatoms. The summed E-state index contributed by atoms with van der Waals surface area (Å²) < 4.78 is 0. The molecule has 18 heavy (non-hydrogen) atoms. The molecule has 2 rings (SSSR count). The van der Waals surface area contributed by atoms with Gasteiger partial charge in [-0.3, -0.25) is 9.59 Å². The predicted octanol–water partition coefficient (Wildman–Crippen LogP) is 2.98. The third kappa shape index (κ3) is 3.29. The second-order valence-electron chi connectivity index (χ2n) is 4.53. The van der Waals surface area contributed by atoms with Crippen molar-refractivity contribution in [1.82, 2.24) is 4.98 Å². The molecule has 0 unspecified atom stereocenters. The first-order chi connectivity index (χ1) is 8.66.